The molecule has 69 valence electrons. The minimum Gasteiger partial charge on any atom is -0.358 e. The average Bonchev–Trinajstić information content (AvgIpc) is 1.76. The molecule has 1 radical (unpaired) electrons. The van der Waals surface area contributed by atoms with Crippen LogP contribution in [0, 0.1) is 43.2 Å². The molecule has 0 amide bonds. The van der Waals surface area contributed by atoms with Crippen LogP contribution in [0.15, 0.2) is 18.2 Å². The molecule has 0 unspecified atom stereocenters. The number of hydrogen-bond acceptors (Lipinski definition) is 0. The molecule has 0 aromatic rings. The molecule has 1 aliphatic carbocycles. The predicted molar refractivity (Wildman–Crippen MR) is 53.6 cm³/mol. The van der Waals surface area contributed by atoms with Crippen LogP contribution < -0.4 is 0 Å². The number of allylic oxidation sites excluding steroid dienone is 4. The Labute approximate surface area is 93.6 Å². The summed E-state index contributed by atoms with van der Waals surface area (Å²) in [7, 11) is 0. The van der Waals surface area contributed by atoms with E-state index in [0.29, 0.717) is 0 Å². The molecule has 0 bridgehead atoms. The fourth-order valence-electron chi connectivity index (χ4n) is 0.340. The van der Waals surface area contributed by atoms with Gasteiger partial charge in [0, 0.05) is 25.8 Å². The smallest absolute Gasteiger partial charge is 0 e. The van der Waals surface area contributed by atoms with E-state index in [2.05, 4.69) is 12.2 Å². The summed E-state index contributed by atoms with van der Waals surface area (Å²) in [6.45, 7) is 0. The van der Waals surface area contributed by atoms with Crippen molar-refractivity contribution in [2.45, 2.75) is 6.42 Å². The Morgan fingerprint density at radius 3 is 1.45 bits per heavy atom. The van der Waals surface area contributed by atoms with Gasteiger partial charge in [0.05, 0.1) is 0 Å². The third-order valence-electron chi connectivity index (χ3n) is 0.586. The topological polar surface area (TPSA) is 0 Å². The molecule has 11 heavy (non-hydrogen) atoms. The minimum absolute atomic E-state index is 0. The van der Waals surface area contributed by atoms with Gasteiger partial charge in [-0.3, -0.25) is 6.08 Å². The fraction of sp³-hybridized carbons (Fsp3) is 0.100. The molecule has 0 heterocycles. The van der Waals surface area contributed by atoms with E-state index in [1.165, 1.54) is 0 Å². The second-order valence-electron chi connectivity index (χ2n) is 1.00. The van der Waals surface area contributed by atoms with Gasteiger partial charge in [0.1, 0.15) is 0 Å². The van der Waals surface area contributed by atoms with Gasteiger partial charge in [-0.15, -0.1) is 6.42 Å². The van der Waals surface area contributed by atoms with Crippen molar-refractivity contribution in [3.05, 3.63) is 61.4 Å². The molecule has 0 spiro atoms. The van der Waals surface area contributed by atoms with Crippen molar-refractivity contribution in [2.24, 2.45) is 0 Å². The molecule has 1 aliphatic rings. The van der Waals surface area contributed by atoms with Crippen LogP contribution in [0.4, 0.5) is 0 Å². The summed E-state index contributed by atoms with van der Waals surface area (Å²) in [5, 5.41) is 0. The maximum atomic E-state index is 2.99. The molecule has 1 heteroatoms. The first kappa shape index (κ1) is 42.5. The van der Waals surface area contributed by atoms with E-state index < -0.39 is 0 Å². The third-order valence-corrected chi connectivity index (χ3v) is 0.586. The zero-order valence-corrected chi connectivity index (χ0v) is 10.3. The Balaban J connectivity index is -0.0000000104. The molecule has 0 aromatic carbocycles. The van der Waals surface area contributed by atoms with Crippen LogP contribution in [-0.4, -0.2) is 0 Å². The van der Waals surface area contributed by atoms with Gasteiger partial charge >= 0.3 is 0 Å². The number of hydrogen-bond donors (Lipinski definition) is 0. The van der Waals surface area contributed by atoms with Crippen LogP contribution >= 0.6 is 0 Å². The van der Waals surface area contributed by atoms with Gasteiger partial charge < -0.3 is 37.1 Å². The van der Waals surface area contributed by atoms with Crippen LogP contribution in [0.25, 0.3) is 0 Å². The molecular weight excluding hydrogens is 165 g/mol. The first-order valence-corrected chi connectivity index (χ1v) is 1.72. The Morgan fingerprint density at radius 2 is 1.36 bits per heavy atom. The summed E-state index contributed by atoms with van der Waals surface area (Å²) in [5.41, 5.74) is 0. The molecule has 1 rings (SSSR count). The monoisotopic (exact) mass is 185 g/mol. The van der Waals surface area contributed by atoms with Crippen molar-refractivity contribution >= 4 is 0 Å². The third kappa shape index (κ3) is 25.2. The predicted octanol–water partition coefficient (Wildman–Crippen LogP) is 3.55. The number of rotatable bonds is 0. The maximum Gasteiger partial charge on any atom is 0 e. The Bertz CT molecular complexity index is 62.9. The molecule has 0 atom stereocenters. The van der Waals surface area contributed by atoms with E-state index in [9.17, 15) is 0 Å². The van der Waals surface area contributed by atoms with Gasteiger partial charge in [0.15, 0.2) is 0 Å². The summed E-state index contributed by atoms with van der Waals surface area (Å²) in [4.78, 5) is 0. The first-order valence-electron chi connectivity index (χ1n) is 1.72. The van der Waals surface area contributed by atoms with E-state index in [0.717, 1.165) is 6.42 Å². The molecule has 0 saturated heterocycles. The second-order valence-corrected chi connectivity index (χ2v) is 1.00. The zero-order valence-electron chi connectivity index (χ0n) is 8.52. The van der Waals surface area contributed by atoms with Gasteiger partial charge in [0.25, 0.3) is 0 Å². The van der Waals surface area contributed by atoms with Crippen LogP contribution in [0.3, 0.4) is 0 Å². The largest absolute Gasteiger partial charge is 0.358 e. The van der Waals surface area contributed by atoms with Crippen LogP contribution in [-0.2, 0) is 25.8 Å². The Kier molecular flexibility index (Phi) is 122. The summed E-state index contributed by atoms with van der Waals surface area (Å²) in [6, 6.07) is 0. The van der Waals surface area contributed by atoms with E-state index >= 15 is 0 Å². The molecule has 0 aliphatic heterocycles. The molecular formula is C10H20Sc-6. The fourth-order valence-corrected chi connectivity index (χ4v) is 0.340. The summed E-state index contributed by atoms with van der Waals surface area (Å²) in [6.07, 6.45) is 10.0. The minimum atomic E-state index is 0. The Morgan fingerprint density at radius 1 is 0.909 bits per heavy atom. The molecule has 0 saturated carbocycles. The standard InChI is InChI=1S/C5H5.5CH3.Sc/c1-2-4-5-3-1;;;;;;/h1-3H,4H2;5*1H3;/q6*-1;. The van der Waals surface area contributed by atoms with Gasteiger partial charge in [-0.2, -0.15) is 6.08 Å². The van der Waals surface area contributed by atoms with Crippen molar-refractivity contribution < 1.29 is 25.8 Å². The molecule has 0 fully saturated rings. The van der Waals surface area contributed by atoms with Crippen molar-refractivity contribution in [3.8, 4) is 0 Å². The maximum absolute atomic E-state index is 2.99. The van der Waals surface area contributed by atoms with E-state index in [-0.39, 0.29) is 63.0 Å². The second kappa shape index (κ2) is 31.6. The van der Waals surface area contributed by atoms with Gasteiger partial charge in [-0.05, 0) is 0 Å². The van der Waals surface area contributed by atoms with Crippen LogP contribution in [0.1, 0.15) is 6.42 Å². The van der Waals surface area contributed by atoms with Crippen molar-refractivity contribution in [1.29, 1.82) is 0 Å². The zero-order chi connectivity index (χ0) is 3.54. The summed E-state index contributed by atoms with van der Waals surface area (Å²) < 4.78 is 0. The van der Waals surface area contributed by atoms with Gasteiger partial charge in [-0.25, -0.2) is 12.2 Å². The van der Waals surface area contributed by atoms with Gasteiger partial charge in [-0.1, -0.05) is 0 Å². The molecule has 0 nitrogen and oxygen atoms in total. The summed E-state index contributed by atoms with van der Waals surface area (Å²) in [5.74, 6) is 0. The van der Waals surface area contributed by atoms with Crippen LogP contribution in [0.5, 0.6) is 0 Å². The van der Waals surface area contributed by atoms with Crippen molar-refractivity contribution in [3.63, 3.8) is 0 Å². The average molecular weight is 185 g/mol. The van der Waals surface area contributed by atoms with Crippen LogP contribution in [0.2, 0.25) is 0 Å². The first-order chi connectivity index (χ1) is 2.50. The van der Waals surface area contributed by atoms with E-state index in [4.69, 9.17) is 0 Å². The molecule has 0 N–H and O–H groups in total. The van der Waals surface area contributed by atoms with E-state index in [1.54, 1.807) is 0 Å². The normalized spacial score (nSPS) is 8.00. The van der Waals surface area contributed by atoms with E-state index in [1.807, 2.05) is 12.2 Å². The SMILES string of the molecule is [C-]1=CC=CC1.[CH3-].[CH3-].[CH3-].[CH3-].[CH3-].[Sc]. The van der Waals surface area contributed by atoms with Crippen molar-refractivity contribution in [1.82, 2.24) is 0 Å². The Hall–Kier alpha value is 0.350. The quantitative estimate of drug-likeness (QED) is 0.506. The molecule has 0 aromatic heterocycles. The summed E-state index contributed by atoms with van der Waals surface area (Å²) >= 11 is 0. The van der Waals surface area contributed by atoms with Gasteiger partial charge in [0.2, 0.25) is 0 Å². The van der Waals surface area contributed by atoms with Crippen molar-refractivity contribution in [2.75, 3.05) is 0 Å².